The first-order chi connectivity index (χ1) is 9.54. The van der Waals surface area contributed by atoms with Gasteiger partial charge in [0.25, 0.3) is 5.91 Å². The molecule has 0 radical (unpaired) electrons. The van der Waals surface area contributed by atoms with Crippen LogP contribution in [-0.4, -0.2) is 25.5 Å². The lowest BCUT2D eigenvalue weighted by Crippen LogP contribution is -2.39. The average molecular weight is 274 g/mol. The highest BCUT2D eigenvalue weighted by Crippen LogP contribution is 2.18. The van der Waals surface area contributed by atoms with Gasteiger partial charge in [-0.1, -0.05) is 18.2 Å². The van der Waals surface area contributed by atoms with Crippen molar-refractivity contribution in [1.29, 1.82) is 0 Å². The topological polar surface area (TPSA) is 71.3 Å². The van der Waals surface area contributed by atoms with E-state index in [1.807, 2.05) is 26.1 Å². The number of fused-ring (bicyclic) bond motifs is 1. The van der Waals surface area contributed by atoms with Crippen molar-refractivity contribution in [2.24, 2.45) is 0 Å². The van der Waals surface area contributed by atoms with E-state index in [0.29, 0.717) is 17.7 Å². The Morgan fingerprint density at radius 1 is 1.35 bits per heavy atom. The van der Waals surface area contributed by atoms with Crippen molar-refractivity contribution in [2.75, 3.05) is 13.6 Å². The minimum Gasteiger partial charge on any atom is -0.422 e. The summed E-state index contributed by atoms with van der Waals surface area (Å²) in [5, 5.41) is 6.53. The SMILES string of the molecule is CNC(C)CNC(=O)c1c(C)c2ccccc2oc1=O. The van der Waals surface area contributed by atoms with Crippen LogP contribution in [0.2, 0.25) is 0 Å². The molecule has 0 saturated carbocycles. The van der Waals surface area contributed by atoms with Gasteiger partial charge in [-0.15, -0.1) is 0 Å². The number of para-hydroxylation sites is 1. The van der Waals surface area contributed by atoms with E-state index in [-0.39, 0.29) is 11.6 Å². The van der Waals surface area contributed by atoms with Gasteiger partial charge >= 0.3 is 5.63 Å². The summed E-state index contributed by atoms with van der Waals surface area (Å²) < 4.78 is 5.20. The molecule has 1 heterocycles. The molecule has 0 spiro atoms. The molecule has 0 aliphatic rings. The van der Waals surface area contributed by atoms with Gasteiger partial charge in [-0.2, -0.15) is 0 Å². The van der Waals surface area contributed by atoms with Crippen molar-refractivity contribution >= 4 is 16.9 Å². The molecular weight excluding hydrogens is 256 g/mol. The van der Waals surface area contributed by atoms with Crippen LogP contribution in [0.4, 0.5) is 0 Å². The number of carbonyl (C=O) groups excluding carboxylic acids is 1. The number of carbonyl (C=O) groups is 1. The minimum atomic E-state index is -0.601. The summed E-state index contributed by atoms with van der Waals surface area (Å²) in [6.07, 6.45) is 0. The molecule has 1 unspecified atom stereocenters. The Kier molecular flexibility index (Phi) is 4.20. The second kappa shape index (κ2) is 5.88. The Bertz CT molecular complexity index is 691. The zero-order valence-corrected chi connectivity index (χ0v) is 11.8. The maximum atomic E-state index is 12.2. The van der Waals surface area contributed by atoms with Crippen molar-refractivity contribution in [2.45, 2.75) is 19.9 Å². The second-order valence-corrected chi connectivity index (χ2v) is 4.79. The molecule has 0 fully saturated rings. The third-order valence-electron chi connectivity index (χ3n) is 3.36. The summed E-state index contributed by atoms with van der Waals surface area (Å²) in [7, 11) is 1.81. The van der Waals surface area contributed by atoms with Gasteiger partial charge < -0.3 is 15.1 Å². The predicted octanol–water partition coefficient (Wildman–Crippen LogP) is 1.44. The summed E-state index contributed by atoms with van der Waals surface area (Å²) in [5.41, 5.74) is 0.615. The Morgan fingerprint density at radius 2 is 2.05 bits per heavy atom. The fourth-order valence-corrected chi connectivity index (χ4v) is 2.00. The van der Waals surface area contributed by atoms with Gasteiger partial charge in [0.1, 0.15) is 11.1 Å². The minimum absolute atomic E-state index is 0.0759. The highest BCUT2D eigenvalue weighted by molar-refractivity contribution is 5.99. The van der Waals surface area contributed by atoms with E-state index >= 15 is 0 Å². The highest BCUT2D eigenvalue weighted by Gasteiger charge is 2.18. The molecule has 1 aromatic carbocycles. The molecule has 1 amide bonds. The van der Waals surface area contributed by atoms with Gasteiger partial charge in [-0.3, -0.25) is 4.79 Å². The number of benzene rings is 1. The van der Waals surface area contributed by atoms with Crippen molar-refractivity contribution in [1.82, 2.24) is 10.6 Å². The van der Waals surface area contributed by atoms with Gasteiger partial charge in [-0.25, -0.2) is 4.79 Å². The lowest BCUT2D eigenvalue weighted by Gasteiger charge is -2.12. The van der Waals surface area contributed by atoms with Crippen LogP contribution in [0.25, 0.3) is 11.0 Å². The molecule has 0 saturated heterocycles. The summed E-state index contributed by atoms with van der Waals surface area (Å²) in [6.45, 7) is 4.15. The zero-order chi connectivity index (χ0) is 14.7. The van der Waals surface area contributed by atoms with Crippen LogP contribution in [0.15, 0.2) is 33.5 Å². The number of rotatable bonds is 4. The molecule has 1 aromatic heterocycles. The van der Waals surface area contributed by atoms with Crippen molar-refractivity contribution in [3.63, 3.8) is 0 Å². The maximum absolute atomic E-state index is 12.2. The summed E-state index contributed by atoms with van der Waals surface area (Å²) in [6, 6.07) is 7.32. The Labute approximate surface area is 117 Å². The van der Waals surface area contributed by atoms with Crippen LogP contribution < -0.4 is 16.3 Å². The fourth-order valence-electron chi connectivity index (χ4n) is 2.00. The summed E-state index contributed by atoms with van der Waals surface area (Å²) in [4.78, 5) is 24.1. The number of hydrogen-bond acceptors (Lipinski definition) is 4. The Balaban J connectivity index is 2.39. The smallest absolute Gasteiger partial charge is 0.349 e. The van der Waals surface area contributed by atoms with Crippen molar-refractivity contribution in [3.8, 4) is 0 Å². The van der Waals surface area contributed by atoms with E-state index in [4.69, 9.17) is 4.42 Å². The van der Waals surface area contributed by atoms with Crippen LogP contribution >= 0.6 is 0 Å². The molecule has 0 aliphatic heterocycles. The van der Waals surface area contributed by atoms with Crippen LogP contribution in [0.5, 0.6) is 0 Å². The number of amides is 1. The molecule has 106 valence electrons. The van der Waals surface area contributed by atoms with Gasteiger partial charge in [0.05, 0.1) is 0 Å². The van der Waals surface area contributed by atoms with Gasteiger partial charge in [0.15, 0.2) is 0 Å². The summed E-state index contributed by atoms with van der Waals surface area (Å²) in [5.74, 6) is -0.399. The molecule has 0 bridgehead atoms. The predicted molar refractivity (Wildman–Crippen MR) is 78.1 cm³/mol. The third kappa shape index (κ3) is 2.72. The Hall–Kier alpha value is -2.14. The van der Waals surface area contributed by atoms with Crippen LogP contribution in [0, 0.1) is 6.92 Å². The van der Waals surface area contributed by atoms with Gasteiger partial charge in [-0.05, 0) is 32.5 Å². The van der Waals surface area contributed by atoms with E-state index < -0.39 is 11.5 Å². The molecule has 5 heteroatoms. The molecule has 5 nitrogen and oxygen atoms in total. The molecule has 1 atom stereocenters. The average Bonchev–Trinajstić information content (AvgIpc) is 2.44. The first-order valence-electron chi connectivity index (χ1n) is 6.52. The first-order valence-corrected chi connectivity index (χ1v) is 6.52. The zero-order valence-electron chi connectivity index (χ0n) is 11.8. The van der Waals surface area contributed by atoms with Crippen molar-refractivity contribution < 1.29 is 9.21 Å². The number of nitrogens with one attached hydrogen (secondary N) is 2. The lowest BCUT2D eigenvalue weighted by molar-refractivity contribution is 0.0946. The standard InChI is InChI=1S/C15H18N2O3/c1-9(16-3)8-17-14(18)13-10(2)11-6-4-5-7-12(11)20-15(13)19/h4-7,9,16H,8H2,1-3H3,(H,17,18). The monoisotopic (exact) mass is 274 g/mol. The number of likely N-dealkylation sites (N-methyl/N-ethyl adjacent to an activating group) is 1. The fraction of sp³-hybridized carbons (Fsp3) is 0.333. The maximum Gasteiger partial charge on any atom is 0.349 e. The van der Waals surface area contributed by atoms with Crippen LogP contribution in [0.1, 0.15) is 22.8 Å². The van der Waals surface area contributed by atoms with E-state index in [0.717, 1.165) is 5.39 Å². The number of hydrogen-bond donors (Lipinski definition) is 2. The van der Waals surface area contributed by atoms with Crippen LogP contribution in [0.3, 0.4) is 0 Å². The van der Waals surface area contributed by atoms with Crippen LogP contribution in [-0.2, 0) is 0 Å². The number of aryl methyl sites for hydroxylation is 1. The van der Waals surface area contributed by atoms with E-state index in [1.54, 1.807) is 19.1 Å². The first kappa shape index (κ1) is 14.3. The third-order valence-corrected chi connectivity index (χ3v) is 3.36. The molecule has 2 aromatic rings. The van der Waals surface area contributed by atoms with E-state index in [2.05, 4.69) is 10.6 Å². The second-order valence-electron chi connectivity index (χ2n) is 4.79. The quantitative estimate of drug-likeness (QED) is 0.828. The molecule has 0 aliphatic carbocycles. The molecule has 2 N–H and O–H groups in total. The molecule has 2 rings (SSSR count). The molecule has 20 heavy (non-hydrogen) atoms. The van der Waals surface area contributed by atoms with E-state index in [9.17, 15) is 9.59 Å². The largest absolute Gasteiger partial charge is 0.422 e. The van der Waals surface area contributed by atoms with Gasteiger partial charge in [0.2, 0.25) is 0 Å². The highest BCUT2D eigenvalue weighted by atomic mass is 16.4. The Morgan fingerprint density at radius 3 is 2.75 bits per heavy atom. The van der Waals surface area contributed by atoms with Crippen molar-refractivity contribution in [3.05, 3.63) is 45.8 Å². The lowest BCUT2D eigenvalue weighted by atomic mass is 10.1. The molecular formula is C15H18N2O3. The van der Waals surface area contributed by atoms with E-state index in [1.165, 1.54) is 0 Å². The summed E-state index contributed by atoms with van der Waals surface area (Å²) >= 11 is 0. The normalized spacial score (nSPS) is 12.3. The van der Waals surface area contributed by atoms with Gasteiger partial charge in [0, 0.05) is 18.0 Å².